The Labute approximate surface area is 179 Å². The van der Waals surface area contributed by atoms with Crippen molar-refractivity contribution in [2.75, 3.05) is 20.2 Å². The summed E-state index contributed by atoms with van der Waals surface area (Å²) in [5.74, 6) is -0.310. The van der Waals surface area contributed by atoms with Gasteiger partial charge in [-0.3, -0.25) is 9.59 Å². The first kappa shape index (κ1) is 25.5. The van der Waals surface area contributed by atoms with Crippen molar-refractivity contribution in [2.45, 2.75) is 59.0 Å². The van der Waals surface area contributed by atoms with Crippen LogP contribution in [0.15, 0.2) is 30.3 Å². The average Bonchev–Trinajstić information content (AvgIpc) is 2.76. The second kappa shape index (κ2) is 15.3. The van der Waals surface area contributed by atoms with Crippen molar-refractivity contribution in [3.8, 4) is 0 Å². The van der Waals surface area contributed by atoms with E-state index in [0.717, 1.165) is 44.1 Å². The van der Waals surface area contributed by atoms with Crippen molar-refractivity contribution in [1.29, 1.82) is 0 Å². The molecule has 7 nitrogen and oxygen atoms in total. The number of ether oxygens (including phenoxy) is 2. The van der Waals surface area contributed by atoms with E-state index in [-0.39, 0.29) is 30.3 Å². The zero-order valence-electron chi connectivity index (χ0n) is 18.4. The quantitative estimate of drug-likeness (QED) is 0.353. The largest absolute Gasteiger partial charge is 0.469 e. The molecule has 1 aromatic carbocycles. The highest BCUT2D eigenvalue weighted by molar-refractivity contribution is 5.78. The molecule has 0 unspecified atom stereocenters. The van der Waals surface area contributed by atoms with Crippen LogP contribution >= 0.6 is 0 Å². The monoisotopic (exact) mass is 420 g/mol. The lowest BCUT2D eigenvalue weighted by molar-refractivity contribution is -0.145. The van der Waals surface area contributed by atoms with Gasteiger partial charge >= 0.3 is 12.1 Å². The second-order valence-electron chi connectivity index (χ2n) is 7.60. The summed E-state index contributed by atoms with van der Waals surface area (Å²) >= 11 is 0. The van der Waals surface area contributed by atoms with E-state index in [9.17, 15) is 14.4 Å². The SMILES string of the molecule is COC(=O)[C@@H](C)CCCCNC(=O)[C@@H](C)CCCCNC(=O)OCc1ccccc1. The maximum absolute atomic E-state index is 12.1. The zero-order chi connectivity index (χ0) is 22.2. The minimum Gasteiger partial charge on any atom is -0.469 e. The van der Waals surface area contributed by atoms with E-state index in [1.165, 1.54) is 7.11 Å². The van der Waals surface area contributed by atoms with Crippen molar-refractivity contribution < 1.29 is 23.9 Å². The van der Waals surface area contributed by atoms with Gasteiger partial charge < -0.3 is 20.1 Å². The lowest BCUT2D eigenvalue weighted by Gasteiger charge is -2.13. The normalized spacial score (nSPS) is 12.5. The third kappa shape index (κ3) is 11.4. The first-order valence-electron chi connectivity index (χ1n) is 10.7. The number of benzene rings is 1. The summed E-state index contributed by atoms with van der Waals surface area (Å²) in [4.78, 5) is 35.1. The molecule has 2 atom stereocenters. The molecule has 7 heteroatoms. The Bertz CT molecular complexity index is 636. The van der Waals surface area contributed by atoms with Gasteiger partial charge in [0.05, 0.1) is 13.0 Å². The van der Waals surface area contributed by atoms with Crippen LogP contribution in [0, 0.1) is 11.8 Å². The number of carbonyl (C=O) groups excluding carboxylic acids is 3. The van der Waals surface area contributed by atoms with Crippen LogP contribution in [0.5, 0.6) is 0 Å². The van der Waals surface area contributed by atoms with Gasteiger partial charge in [0.2, 0.25) is 5.91 Å². The molecular formula is C23H36N2O5. The zero-order valence-corrected chi connectivity index (χ0v) is 18.4. The number of alkyl carbamates (subject to hydrolysis) is 1. The molecule has 0 spiro atoms. The van der Waals surface area contributed by atoms with Crippen molar-refractivity contribution in [3.63, 3.8) is 0 Å². The molecule has 0 aliphatic carbocycles. The highest BCUT2D eigenvalue weighted by Crippen LogP contribution is 2.10. The molecule has 0 aliphatic heterocycles. The van der Waals surface area contributed by atoms with Crippen LogP contribution in [0.1, 0.15) is 57.9 Å². The summed E-state index contributed by atoms with van der Waals surface area (Å²) < 4.78 is 9.85. The van der Waals surface area contributed by atoms with E-state index < -0.39 is 6.09 Å². The minimum atomic E-state index is -0.425. The van der Waals surface area contributed by atoms with Gasteiger partial charge in [-0.1, -0.05) is 57.0 Å². The Morgan fingerprint density at radius 1 is 0.867 bits per heavy atom. The molecular weight excluding hydrogens is 384 g/mol. The fraction of sp³-hybridized carbons (Fsp3) is 0.609. The number of nitrogens with one attached hydrogen (secondary N) is 2. The molecule has 0 saturated heterocycles. The molecule has 0 fully saturated rings. The van der Waals surface area contributed by atoms with Crippen LogP contribution in [0.2, 0.25) is 0 Å². The van der Waals surface area contributed by atoms with Crippen LogP contribution in [-0.4, -0.2) is 38.2 Å². The summed E-state index contributed by atoms with van der Waals surface area (Å²) in [6.45, 7) is 5.16. The van der Waals surface area contributed by atoms with Crippen molar-refractivity contribution >= 4 is 18.0 Å². The number of amides is 2. The van der Waals surface area contributed by atoms with Crippen LogP contribution in [0.25, 0.3) is 0 Å². The summed E-state index contributed by atoms with van der Waals surface area (Å²) in [5.41, 5.74) is 0.950. The maximum Gasteiger partial charge on any atom is 0.407 e. The molecule has 0 heterocycles. The number of carbonyl (C=O) groups is 3. The number of methoxy groups -OCH3 is 1. The summed E-state index contributed by atoms with van der Waals surface area (Å²) in [6, 6.07) is 9.53. The average molecular weight is 421 g/mol. The van der Waals surface area contributed by atoms with Crippen molar-refractivity contribution in [2.24, 2.45) is 11.8 Å². The Kier molecular flexibility index (Phi) is 13.0. The van der Waals surface area contributed by atoms with Crippen molar-refractivity contribution in [3.05, 3.63) is 35.9 Å². The van der Waals surface area contributed by atoms with Gasteiger partial charge in [0, 0.05) is 19.0 Å². The van der Waals surface area contributed by atoms with E-state index in [0.29, 0.717) is 13.1 Å². The van der Waals surface area contributed by atoms with Gasteiger partial charge in [-0.15, -0.1) is 0 Å². The molecule has 2 N–H and O–H groups in total. The van der Waals surface area contributed by atoms with Gasteiger partial charge in [0.15, 0.2) is 0 Å². The molecule has 0 aromatic heterocycles. The first-order chi connectivity index (χ1) is 14.4. The van der Waals surface area contributed by atoms with E-state index in [1.807, 2.05) is 44.2 Å². The highest BCUT2D eigenvalue weighted by Gasteiger charge is 2.14. The summed E-state index contributed by atoms with van der Waals surface area (Å²) in [7, 11) is 1.40. The fourth-order valence-electron chi connectivity index (χ4n) is 2.95. The Morgan fingerprint density at radius 2 is 1.47 bits per heavy atom. The molecule has 0 bridgehead atoms. The number of unbranched alkanes of at least 4 members (excludes halogenated alkanes) is 2. The van der Waals surface area contributed by atoms with Gasteiger partial charge in [0.1, 0.15) is 6.61 Å². The highest BCUT2D eigenvalue weighted by atomic mass is 16.5. The smallest absolute Gasteiger partial charge is 0.407 e. The van der Waals surface area contributed by atoms with E-state index >= 15 is 0 Å². The van der Waals surface area contributed by atoms with Gasteiger partial charge in [-0.25, -0.2) is 4.79 Å². The van der Waals surface area contributed by atoms with Crippen LogP contribution < -0.4 is 10.6 Å². The predicted octanol–water partition coefficient (Wildman–Crippen LogP) is 3.81. The fourth-order valence-corrected chi connectivity index (χ4v) is 2.95. The lowest BCUT2D eigenvalue weighted by atomic mass is 10.0. The molecule has 2 amide bonds. The van der Waals surface area contributed by atoms with E-state index in [2.05, 4.69) is 10.6 Å². The maximum atomic E-state index is 12.1. The van der Waals surface area contributed by atoms with Gasteiger partial charge in [0.25, 0.3) is 0 Å². The molecule has 168 valence electrons. The summed E-state index contributed by atoms with van der Waals surface area (Å²) in [6.07, 6.45) is 4.47. The number of esters is 1. The topological polar surface area (TPSA) is 93.7 Å². The van der Waals surface area contributed by atoms with Gasteiger partial charge in [-0.05, 0) is 31.2 Å². The van der Waals surface area contributed by atoms with Gasteiger partial charge in [-0.2, -0.15) is 0 Å². The second-order valence-corrected chi connectivity index (χ2v) is 7.60. The third-order valence-electron chi connectivity index (χ3n) is 4.96. The lowest BCUT2D eigenvalue weighted by Crippen LogP contribution is -2.30. The Morgan fingerprint density at radius 3 is 2.10 bits per heavy atom. The molecule has 1 aromatic rings. The molecule has 0 radical (unpaired) electrons. The minimum absolute atomic E-state index is 0.0475. The van der Waals surface area contributed by atoms with E-state index in [4.69, 9.17) is 9.47 Å². The molecule has 1 rings (SSSR count). The predicted molar refractivity (Wildman–Crippen MR) is 116 cm³/mol. The number of hydrogen-bond donors (Lipinski definition) is 2. The van der Waals surface area contributed by atoms with Crippen molar-refractivity contribution in [1.82, 2.24) is 10.6 Å². The number of hydrogen-bond acceptors (Lipinski definition) is 5. The summed E-state index contributed by atoms with van der Waals surface area (Å²) in [5, 5.41) is 5.68. The molecule has 0 aliphatic rings. The van der Waals surface area contributed by atoms with E-state index in [1.54, 1.807) is 0 Å². The third-order valence-corrected chi connectivity index (χ3v) is 4.96. The Balaban J connectivity index is 2.01. The molecule has 30 heavy (non-hydrogen) atoms. The van der Waals surface area contributed by atoms with Crippen LogP contribution in [0.4, 0.5) is 4.79 Å². The first-order valence-corrected chi connectivity index (χ1v) is 10.7. The van der Waals surface area contributed by atoms with Crippen LogP contribution in [-0.2, 0) is 25.7 Å². The Hall–Kier alpha value is -2.57. The molecule has 0 saturated carbocycles. The number of rotatable bonds is 14. The standard InChI is InChI=1S/C23H36N2O5/c1-18(21(26)24-15-9-8-12-19(2)22(27)29-3)11-7-10-16-25-23(28)30-17-20-13-5-4-6-14-20/h4-6,13-14,18-19H,7-12,15-17H2,1-3H3,(H,24,26)(H,25,28)/t18-,19-/m0/s1. The van der Waals surface area contributed by atoms with Crippen LogP contribution in [0.3, 0.4) is 0 Å².